The molecule has 0 bridgehead atoms. The van der Waals surface area contributed by atoms with E-state index >= 15 is 0 Å². The summed E-state index contributed by atoms with van der Waals surface area (Å²) in [5.41, 5.74) is 2.20. The molecule has 0 unspecified atom stereocenters. The average Bonchev–Trinajstić information content (AvgIpc) is 2.76. The molecule has 1 heterocycles. The van der Waals surface area contributed by atoms with Crippen molar-refractivity contribution in [3.63, 3.8) is 0 Å². The first-order valence-electron chi connectivity index (χ1n) is 7.03. The van der Waals surface area contributed by atoms with Crippen molar-refractivity contribution in [2.75, 3.05) is 6.54 Å². The van der Waals surface area contributed by atoms with Gasteiger partial charge in [0.2, 0.25) is 5.06 Å². The summed E-state index contributed by atoms with van der Waals surface area (Å²) in [5, 5.41) is 0.641. The average molecular weight is 304 g/mol. The van der Waals surface area contributed by atoms with Gasteiger partial charge in [-0.25, -0.2) is 0 Å². The number of hydrogen-bond acceptors (Lipinski definition) is 4. The molecule has 0 saturated carbocycles. The number of ether oxygens (including phenoxy) is 1. The first kappa shape index (κ1) is 15.5. The lowest BCUT2D eigenvalue weighted by Crippen LogP contribution is -2.12. The molecule has 5 heteroatoms. The summed E-state index contributed by atoms with van der Waals surface area (Å²) in [5.74, 6) is -0.212. The van der Waals surface area contributed by atoms with Crippen molar-refractivity contribution in [2.24, 2.45) is 12.0 Å². The predicted octanol–water partition coefficient (Wildman–Crippen LogP) is 2.85. The van der Waals surface area contributed by atoms with Gasteiger partial charge >= 0.3 is 5.97 Å². The summed E-state index contributed by atoms with van der Waals surface area (Å²) in [6.07, 6.45) is 1.28. The van der Waals surface area contributed by atoms with Crippen molar-refractivity contribution in [2.45, 2.75) is 26.7 Å². The van der Waals surface area contributed by atoms with E-state index in [4.69, 9.17) is 4.74 Å². The van der Waals surface area contributed by atoms with Crippen molar-refractivity contribution in [3.05, 3.63) is 46.4 Å². The molecule has 0 atom stereocenters. The van der Waals surface area contributed by atoms with Gasteiger partial charge in [0.25, 0.3) is 0 Å². The van der Waals surface area contributed by atoms with Gasteiger partial charge in [0.15, 0.2) is 4.80 Å². The van der Waals surface area contributed by atoms with Gasteiger partial charge in [-0.1, -0.05) is 48.6 Å². The molecule has 0 radical (unpaired) electrons. The van der Waals surface area contributed by atoms with Crippen LogP contribution in [0.3, 0.4) is 0 Å². The maximum Gasteiger partial charge on any atom is 0.311 e. The highest BCUT2D eigenvalue weighted by atomic mass is 32.1. The van der Waals surface area contributed by atoms with Crippen LogP contribution >= 0.6 is 11.3 Å². The standard InChI is InChI=1S/C16H20N2O2S/c1-4-14(19)20-15-12(2)18(3)16(21-15)17-11-10-13-8-6-5-7-9-13/h5-9H,4,10-11H2,1-3H3. The minimum atomic E-state index is -0.212. The highest BCUT2D eigenvalue weighted by Gasteiger charge is 2.11. The van der Waals surface area contributed by atoms with Gasteiger partial charge in [-0.15, -0.1) is 0 Å². The summed E-state index contributed by atoms with van der Waals surface area (Å²) >= 11 is 1.42. The number of aromatic nitrogens is 1. The Hall–Kier alpha value is -1.88. The Bertz CT molecular complexity index is 671. The summed E-state index contributed by atoms with van der Waals surface area (Å²) in [6.45, 7) is 4.44. The largest absolute Gasteiger partial charge is 0.413 e. The highest BCUT2D eigenvalue weighted by Crippen LogP contribution is 2.21. The van der Waals surface area contributed by atoms with Crippen LogP contribution in [0.1, 0.15) is 24.6 Å². The Labute approximate surface area is 128 Å². The lowest BCUT2D eigenvalue weighted by molar-refractivity contribution is -0.133. The fourth-order valence-corrected chi connectivity index (χ4v) is 2.85. The third-order valence-electron chi connectivity index (χ3n) is 3.26. The maximum absolute atomic E-state index is 11.4. The van der Waals surface area contributed by atoms with E-state index in [1.807, 2.05) is 36.7 Å². The van der Waals surface area contributed by atoms with Crippen molar-refractivity contribution in [1.82, 2.24) is 4.57 Å². The Balaban J connectivity index is 2.10. The minimum absolute atomic E-state index is 0.212. The van der Waals surface area contributed by atoms with E-state index in [0.717, 1.165) is 23.5 Å². The molecule has 1 aromatic carbocycles. The van der Waals surface area contributed by atoms with Gasteiger partial charge < -0.3 is 9.30 Å². The van der Waals surface area contributed by atoms with Crippen molar-refractivity contribution in [1.29, 1.82) is 0 Å². The lowest BCUT2D eigenvalue weighted by atomic mass is 10.2. The second-order valence-electron chi connectivity index (χ2n) is 4.76. The van der Waals surface area contributed by atoms with E-state index in [-0.39, 0.29) is 5.97 Å². The molecule has 0 spiro atoms. The van der Waals surface area contributed by atoms with E-state index in [1.165, 1.54) is 16.9 Å². The number of thiazole rings is 1. The summed E-state index contributed by atoms with van der Waals surface area (Å²) in [7, 11) is 1.94. The third kappa shape index (κ3) is 4.04. The Morgan fingerprint density at radius 3 is 2.71 bits per heavy atom. The van der Waals surface area contributed by atoms with Crippen LogP contribution < -0.4 is 9.54 Å². The topological polar surface area (TPSA) is 43.6 Å². The van der Waals surface area contributed by atoms with Crippen LogP contribution in [-0.2, 0) is 18.3 Å². The monoisotopic (exact) mass is 304 g/mol. The number of carbonyl (C=O) groups is 1. The molecule has 0 amide bonds. The van der Waals surface area contributed by atoms with Crippen molar-refractivity contribution in [3.8, 4) is 5.06 Å². The molecular weight excluding hydrogens is 284 g/mol. The third-order valence-corrected chi connectivity index (χ3v) is 4.40. The number of carbonyl (C=O) groups excluding carboxylic acids is 1. The number of rotatable bonds is 5. The van der Waals surface area contributed by atoms with Crippen molar-refractivity contribution >= 4 is 17.3 Å². The number of hydrogen-bond donors (Lipinski definition) is 0. The predicted molar refractivity (Wildman–Crippen MR) is 84.5 cm³/mol. The molecule has 4 nitrogen and oxygen atoms in total. The van der Waals surface area contributed by atoms with Crippen LogP contribution in [0, 0.1) is 6.92 Å². The Morgan fingerprint density at radius 1 is 1.33 bits per heavy atom. The second-order valence-corrected chi connectivity index (χ2v) is 5.70. The summed E-state index contributed by atoms with van der Waals surface area (Å²) in [6, 6.07) is 10.3. The zero-order valence-electron chi connectivity index (χ0n) is 12.6. The number of benzene rings is 1. The molecule has 112 valence electrons. The van der Waals surface area contributed by atoms with Crippen LogP contribution in [0.5, 0.6) is 5.06 Å². The van der Waals surface area contributed by atoms with Gasteiger partial charge in [-0.05, 0) is 18.9 Å². The molecule has 21 heavy (non-hydrogen) atoms. The van der Waals surface area contributed by atoms with Crippen molar-refractivity contribution < 1.29 is 9.53 Å². The molecule has 0 aliphatic heterocycles. The minimum Gasteiger partial charge on any atom is -0.413 e. The fourth-order valence-electron chi connectivity index (χ4n) is 1.84. The highest BCUT2D eigenvalue weighted by molar-refractivity contribution is 7.11. The van der Waals surface area contributed by atoms with E-state index in [0.29, 0.717) is 11.5 Å². The van der Waals surface area contributed by atoms with Gasteiger partial charge in [0.05, 0.1) is 5.69 Å². The molecule has 0 fully saturated rings. The smallest absolute Gasteiger partial charge is 0.311 e. The van der Waals surface area contributed by atoms with Gasteiger partial charge in [0, 0.05) is 20.0 Å². The molecule has 0 saturated heterocycles. The first-order valence-corrected chi connectivity index (χ1v) is 7.85. The SMILES string of the molecule is CCC(=O)Oc1sc(=NCCc2ccccc2)n(C)c1C. The molecule has 0 aliphatic carbocycles. The molecule has 0 N–H and O–H groups in total. The summed E-state index contributed by atoms with van der Waals surface area (Å²) in [4.78, 5) is 16.9. The second kappa shape index (κ2) is 7.22. The van der Waals surface area contributed by atoms with E-state index < -0.39 is 0 Å². The zero-order chi connectivity index (χ0) is 15.2. The number of esters is 1. The molecule has 0 aliphatic rings. The van der Waals surface area contributed by atoms with E-state index in [2.05, 4.69) is 17.1 Å². The Morgan fingerprint density at radius 2 is 2.05 bits per heavy atom. The molecule has 1 aromatic heterocycles. The van der Waals surface area contributed by atoms with Crippen LogP contribution in [0.15, 0.2) is 35.3 Å². The lowest BCUT2D eigenvalue weighted by Gasteiger charge is -2.00. The first-order chi connectivity index (χ1) is 10.1. The van der Waals surface area contributed by atoms with Gasteiger partial charge in [0.1, 0.15) is 0 Å². The quantitative estimate of drug-likeness (QED) is 0.797. The zero-order valence-corrected chi connectivity index (χ0v) is 13.4. The maximum atomic E-state index is 11.4. The fraction of sp³-hybridized carbons (Fsp3) is 0.375. The van der Waals surface area contributed by atoms with Crippen LogP contribution in [0.2, 0.25) is 0 Å². The van der Waals surface area contributed by atoms with Gasteiger partial charge in [-0.3, -0.25) is 9.79 Å². The van der Waals surface area contributed by atoms with Crippen LogP contribution in [-0.4, -0.2) is 17.1 Å². The molecule has 2 rings (SSSR count). The Kier molecular flexibility index (Phi) is 5.33. The summed E-state index contributed by atoms with van der Waals surface area (Å²) < 4.78 is 7.29. The van der Waals surface area contributed by atoms with Crippen LogP contribution in [0.25, 0.3) is 0 Å². The normalized spacial score (nSPS) is 11.7. The molecular formula is C16H20N2O2S. The van der Waals surface area contributed by atoms with Crippen LogP contribution in [0.4, 0.5) is 0 Å². The molecule has 2 aromatic rings. The number of nitrogens with zero attached hydrogens (tertiary/aromatic N) is 2. The van der Waals surface area contributed by atoms with Gasteiger partial charge in [-0.2, -0.15) is 0 Å². The van der Waals surface area contributed by atoms with E-state index in [9.17, 15) is 4.79 Å². The van der Waals surface area contributed by atoms with E-state index in [1.54, 1.807) is 6.92 Å².